The third-order valence-corrected chi connectivity index (χ3v) is 2.36. The Hall–Kier alpha value is -1.39. The molecular formula is C10H9ClFN3. The molecule has 78 valence electrons. The second-order valence-corrected chi connectivity index (χ2v) is 3.52. The summed E-state index contributed by atoms with van der Waals surface area (Å²) in [6.07, 6.45) is 0. The summed E-state index contributed by atoms with van der Waals surface area (Å²) in [7, 11) is 0. The van der Waals surface area contributed by atoms with Gasteiger partial charge in [0.25, 0.3) is 0 Å². The van der Waals surface area contributed by atoms with Crippen LogP contribution >= 0.6 is 11.6 Å². The quantitative estimate of drug-likeness (QED) is 0.824. The first-order valence-electron chi connectivity index (χ1n) is 4.40. The number of rotatable bonds is 2. The zero-order valence-electron chi connectivity index (χ0n) is 7.80. The van der Waals surface area contributed by atoms with Crippen LogP contribution in [0.25, 0.3) is 11.3 Å². The highest BCUT2D eigenvalue weighted by Crippen LogP contribution is 2.23. The molecule has 0 fully saturated rings. The Morgan fingerprint density at radius 3 is 2.80 bits per heavy atom. The van der Waals surface area contributed by atoms with Crippen LogP contribution in [0.2, 0.25) is 5.02 Å². The van der Waals surface area contributed by atoms with Crippen molar-refractivity contribution in [2.24, 2.45) is 5.73 Å². The Labute approximate surface area is 91.1 Å². The van der Waals surface area contributed by atoms with E-state index in [1.165, 1.54) is 12.1 Å². The summed E-state index contributed by atoms with van der Waals surface area (Å²) in [5.74, 6) is -0.435. The maximum Gasteiger partial charge on any atom is 0.141 e. The second kappa shape index (κ2) is 4.00. The molecule has 5 heteroatoms. The summed E-state index contributed by atoms with van der Waals surface area (Å²) in [4.78, 5) is 0. The van der Waals surface area contributed by atoms with E-state index < -0.39 is 5.82 Å². The van der Waals surface area contributed by atoms with Gasteiger partial charge in [0, 0.05) is 17.8 Å². The minimum Gasteiger partial charge on any atom is -0.325 e. The number of halogens is 2. The first kappa shape index (κ1) is 10.1. The minimum atomic E-state index is -0.435. The van der Waals surface area contributed by atoms with Crippen molar-refractivity contribution in [2.75, 3.05) is 0 Å². The summed E-state index contributed by atoms with van der Waals surface area (Å²) in [5.41, 5.74) is 7.73. The first-order chi connectivity index (χ1) is 7.20. The largest absolute Gasteiger partial charge is 0.325 e. The summed E-state index contributed by atoms with van der Waals surface area (Å²) in [6.45, 7) is 0.391. The Balaban J connectivity index is 2.40. The van der Waals surface area contributed by atoms with E-state index in [4.69, 9.17) is 17.3 Å². The normalized spacial score (nSPS) is 10.6. The molecule has 1 aromatic carbocycles. The third kappa shape index (κ3) is 2.00. The van der Waals surface area contributed by atoms with Crippen molar-refractivity contribution in [3.63, 3.8) is 0 Å². The Morgan fingerprint density at radius 1 is 1.40 bits per heavy atom. The average molecular weight is 226 g/mol. The summed E-state index contributed by atoms with van der Waals surface area (Å²) < 4.78 is 12.9. The molecule has 0 saturated carbocycles. The number of nitrogens with one attached hydrogen (secondary N) is 1. The maximum absolute atomic E-state index is 12.9. The van der Waals surface area contributed by atoms with Crippen molar-refractivity contribution in [1.82, 2.24) is 10.2 Å². The Morgan fingerprint density at radius 2 is 2.20 bits per heavy atom. The van der Waals surface area contributed by atoms with E-state index >= 15 is 0 Å². The third-order valence-electron chi connectivity index (χ3n) is 2.07. The average Bonchev–Trinajstić information content (AvgIpc) is 2.70. The van der Waals surface area contributed by atoms with Gasteiger partial charge in [-0.15, -0.1) is 0 Å². The molecule has 15 heavy (non-hydrogen) atoms. The van der Waals surface area contributed by atoms with Crippen LogP contribution in [0.15, 0.2) is 24.3 Å². The SMILES string of the molecule is NCc1cc(-c2ccc(F)c(Cl)c2)n[nH]1. The van der Waals surface area contributed by atoms with E-state index in [2.05, 4.69) is 10.2 Å². The molecule has 0 spiro atoms. The van der Waals surface area contributed by atoms with Gasteiger partial charge in [-0.1, -0.05) is 11.6 Å². The van der Waals surface area contributed by atoms with Crippen LogP contribution in [0.1, 0.15) is 5.69 Å². The van der Waals surface area contributed by atoms with E-state index in [1.54, 1.807) is 6.07 Å². The predicted octanol–water partition coefficient (Wildman–Crippen LogP) is 2.33. The van der Waals surface area contributed by atoms with Gasteiger partial charge in [0.2, 0.25) is 0 Å². The molecule has 0 aliphatic rings. The standard InChI is InChI=1S/C10H9ClFN3/c11-8-3-6(1-2-9(8)12)10-4-7(5-13)14-15-10/h1-4H,5,13H2,(H,14,15). The predicted molar refractivity (Wildman–Crippen MR) is 56.9 cm³/mol. The molecular weight excluding hydrogens is 217 g/mol. The van der Waals surface area contributed by atoms with Crippen molar-refractivity contribution < 1.29 is 4.39 Å². The van der Waals surface area contributed by atoms with Crippen LogP contribution in [-0.2, 0) is 6.54 Å². The van der Waals surface area contributed by atoms with Crippen molar-refractivity contribution >= 4 is 11.6 Å². The molecule has 0 radical (unpaired) electrons. The van der Waals surface area contributed by atoms with E-state index in [1.807, 2.05) is 6.07 Å². The number of hydrogen-bond acceptors (Lipinski definition) is 2. The van der Waals surface area contributed by atoms with Gasteiger partial charge in [0.1, 0.15) is 5.82 Å². The van der Waals surface area contributed by atoms with Crippen LogP contribution in [0.4, 0.5) is 4.39 Å². The number of benzene rings is 1. The van der Waals surface area contributed by atoms with Crippen molar-refractivity contribution in [2.45, 2.75) is 6.54 Å². The van der Waals surface area contributed by atoms with Gasteiger partial charge in [-0.05, 0) is 24.3 Å². The van der Waals surface area contributed by atoms with Crippen molar-refractivity contribution in [3.8, 4) is 11.3 Å². The second-order valence-electron chi connectivity index (χ2n) is 3.11. The van der Waals surface area contributed by atoms with Crippen LogP contribution in [0, 0.1) is 5.82 Å². The molecule has 0 aliphatic heterocycles. The molecule has 0 saturated heterocycles. The molecule has 0 aliphatic carbocycles. The fourth-order valence-electron chi connectivity index (χ4n) is 1.27. The van der Waals surface area contributed by atoms with Gasteiger partial charge in [0.05, 0.1) is 10.7 Å². The van der Waals surface area contributed by atoms with E-state index in [-0.39, 0.29) is 5.02 Å². The lowest BCUT2D eigenvalue weighted by atomic mass is 10.1. The van der Waals surface area contributed by atoms with Crippen LogP contribution < -0.4 is 5.73 Å². The van der Waals surface area contributed by atoms with Gasteiger partial charge in [0.15, 0.2) is 0 Å². The molecule has 0 atom stereocenters. The molecule has 2 aromatic rings. The molecule has 3 nitrogen and oxygen atoms in total. The molecule has 0 amide bonds. The zero-order chi connectivity index (χ0) is 10.8. The molecule has 0 bridgehead atoms. The topological polar surface area (TPSA) is 54.7 Å². The Kier molecular flexibility index (Phi) is 2.70. The fourth-order valence-corrected chi connectivity index (χ4v) is 1.45. The lowest BCUT2D eigenvalue weighted by molar-refractivity contribution is 0.628. The minimum absolute atomic E-state index is 0.0878. The van der Waals surface area contributed by atoms with Gasteiger partial charge in [-0.25, -0.2) is 4.39 Å². The zero-order valence-corrected chi connectivity index (χ0v) is 8.55. The highest BCUT2D eigenvalue weighted by molar-refractivity contribution is 6.31. The fraction of sp³-hybridized carbons (Fsp3) is 0.100. The van der Waals surface area contributed by atoms with E-state index in [9.17, 15) is 4.39 Å². The summed E-state index contributed by atoms with van der Waals surface area (Å²) in [5, 5.41) is 6.91. The van der Waals surface area contributed by atoms with Gasteiger partial charge in [-0.3, -0.25) is 5.10 Å². The smallest absolute Gasteiger partial charge is 0.141 e. The number of hydrogen-bond donors (Lipinski definition) is 2. The molecule has 2 rings (SSSR count). The number of aromatic nitrogens is 2. The molecule has 3 N–H and O–H groups in total. The number of aromatic amines is 1. The summed E-state index contributed by atoms with van der Waals surface area (Å²) in [6, 6.07) is 6.28. The molecule has 0 unspecified atom stereocenters. The number of H-pyrrole nitrogens is 1. The van der Waals surface area contributed by atoms with Crippen LogP contribution in [-0.4, -0.2) is 10.2 Å². The lowest BCUT2D eigenvalue weighted by Crippen LogP contribution is -1.95. The lowest BCUT2D eigenvalue weighted by Gasteiger charge is -1.97. The molecule has 1 aromatic heterocycles. The monoisotopic (exact) mass is 225 g/mol. The first-order valence-corrected chi connectivity index (χ1v) is 4.78. The highest BCUT2D eigenvalue weighted by atomic mass is 35.5. The van der Waals surface area contributed by atoms with Crippen molar-refractivity contribution in [1.29, 1.82) is 0 Å². The Bertz CT molecular complexity index is 481. The van der Waals surface area contributed by atoms with Gasteiger partial charge in [-0.2, -0.15) is 5.10 Å². The van der Waals surface area contributed by atoms with Crippen molar-refractivity contribution in [3.05, 3.63) is 40.8 Å². The molecule has 1 heterocycles. The van der Waals surface area contributed by atoms with Crippen LogP contribution in [0.5, 0.6) is 0 Å². The number of nitrogens with zero attached hydrogens (tertiary/aromatic N) is 1. The van der Waals surface area contributed by atoms with Gasteiger partial charge < -0.3 is 5.73 Å². The van der Waals surface area contributed by atoms with Crippen LogP contribution in [0.3, 0.4) is 0 Å². The van der Waals surface area contributed by atoms with Gasteiger partial charge >= 0.3 is 0 Å². The van der Waals surface area contributed by atoms with E-state index in [0.29, 0.717) is 12.2 Å². The number of nitrogens with two attached hydrogens (primary N) is 1. The highest BCUT2D eigenvalue weighted by Gasteiger charge is 2.06. The maximum atomic E-state index is 12.9. The summed E-state index contributed by atoms with van der Waals surface area (Å²) >= 11 is 5.67. The van der Waals surface area contributed by atoms with E-state index in [0.717, 1.165) is 11.3 Å².